The lowest BCUT2D eigenvalue weighted by Gasteiger charge is -2.27. The Bertz CT molecular complexity index is 511. The average Bonchev–Trinajstić information content (AvgIpc) is 2.39. The van der Waals surface area contributed by atoms with Crippen LogP contribution in [0.3, 0.4) is 0 Å². The minimum absolute atomic E-state index is 0.106. The Morgan fingerprint density at radius 3 is 2.88 bits per heavy atom. The second-order valence-electron chi connectivity index (χ2n) is 4.46. The molecule has 0 aromatic heterocycles. The van der Waals surface area contributed by atoms with E-state index >= 15 is 0 Å². The zero-order valence-corrected chi connectivity index (χ0v) is 9.56. The lowest BCUT2D eigenvalue weighted by molar-refractivity contribution is -0.113. The van der Waals surface area contributed by atoms with E-state index in [2.05, 4.69) is 6.07 Å². The van der Waals surface area contributed by atoms with E-state index in [9.17, 15) is 4.79 Å². The molecule has 0 N–H and O–H groups in total. The highest BCUT2D eigenvalue weighted by molar-refractivity contribution is 5.92. The van der Waals surface area contributed by atoms with Crippen LogP contribution in [0.25, 0.3) is 0 Å². The second kappa shape index (κ2) is 4.21. The number of allylic oxidation sites excluding steroid dienone is 2. The third kappa shape index (κ3) is 2.03. The van der Waals surface area contributed by atoms with Gasteiger partial charge in [0, 0.05) is 6.42 Å². The lowest BCUT2D eigenvalue weighted by Crippen LogP contribution is -2.25. The molecule has 3 rings (SSSR count). The number of hydrogen-bond donors (Lipinski definition) is 0. The van der Waals surface area contributed by atoms with Crippen LogP contribution in [-0.4, -0.2) is 11.9 Å². The summed E-state index contributed by atoms with van der Waals surface area (Å²) in [4.78, 5) is 11.1. The molecule has 1 aromatic rings. The van der Waals surface area contributed by atoms with E-state index in [1.54, 1.807) is 6.08 Å². The second-order valence-corrected chi connectivity index (χ2v) is 4.46. The maximum atomic E-state index is 11.1. The summed E-state index contributed by atoms with van der Waals surface area (Å²) < 4.78 is 5.98. The lowest BCUT2D eigenvalue weighted by atomic mass is 9.94. The van der Waals surface area contributed by atoms with Gasteiger partial charge in [-0.15, -0.1) is 0 Å². The number of aryl methyl sites for hydroxylation is 1. The van der Waals surface area contributed by atoms with Crippen molar-refractivity contribution in [2.75, 3.05) is 0 Å². The SMILES string of the molecule is O=C1C=CC(C2CCc3ccccc3O2)=CC1. The Morgan fingerprint density at radius 1 is 1.18 bits per heavy atom. The third-order valence-electron chi connectivity index (χ3n) is 3.29. The number of carbonyl (C=O) groups excluding carboxylic acids is 1. The molecule has 1 aromatic carbocycles. The van der Waals surface area contributed by atoms with Crippen LogP contribution in [0.4, 0.5) is 0 Å². The molecule has 1 atom stereocenters. The summed E-state index contributed by atoms with van der Waals surface area (Å²) in [5.41, 5.74) is 2.42. The first kappa shape index (κ1) is 10.3. The summed E-state index contributed by atoms with van der Waals surface area (Å²) in [7, 11) is 0. The molecule has 2 nitrogen and oxygen atoms in total. The molecule has 0 fully saturated rings. The van der Waals surface area contributed by atoms with Gasteiger partial charge in [-0.2, -0.15) is 0 Å². The van der Waals surface area contributed by atoms with E-state index in [-0.39, 0.29) is 11.9 Å². The molecule has 2 heteroatoms. The highest BCUT2D eigenvalue weighted by Crippen LogP contribution is 2.30. The van der Waals surface area contributed by atoms with Crippen LogP contribution in [0.1, 0.15) is 18.4 Å². The summed E-state index contributed by atoms with van der Waals surface area (Å²) in [5, 5.41) is 0. The number of ketones is 1. The smallest absolute Gasteiger partial charge is 0.159 e. The number of rotatable bonds is 1. The van der Waals surface area contributed by atoms with E-state index in [4.69, 9.17) is 4.74 Å². The summed E-state index contributed by atoms with van der Waals surface area (Å²) >= 11 is 0. The number of hydrogen-bond acceptors (Lipinski definition) is 2. The molecule has 0 radical (unpaired) electrons. The molecule has 0 saturated heterocycles. The molecular formula is C15H14O2. The Labute approximate surface area is 101 Å². The van der Waals surface area contributed by atoms with Gasteiger partial charge in [-0.3, -0.25) is 4.79 Å². The molecule has 1 aliphatic heterocycles. The van der Waals surface area contributed by atoms with Gasteiger partial charge in [0.1, 0.15) is 11.9 Å². The van der Waals surface area contributed by atoms with Gasteiger partial charge in [0.2, 0.25) is 0 Å². The first-order valence-electron chi connectivity index (χ1n) is 5.98. The molecule has 86 valence electrons. The van der Waals surface area contributed by atoms with Gasteiger partial charge in [-0.05, 0) is 36.1 Å². The first-order chi connectivity index (χ1) is 8.33. The van der Waals surface area contributed by atoms with Crippen molar-refractivity contribution < 1.29 is 9.53 Å². The van der Waals surface area contributed by atoms with Crippen molar-refractivity contribution in [3.8, 4) is 5.75 Å². The molecule has 1 heterocycles. The quantitative estimate of drug-likeness (QED) is 0.736. The molecule has 17 heavy (non-hydrogen) atoms. The van der Waals surface area contributed by atoms with Gasteiger partial charge in [0.15, 0.2) is 5.78 Å². The van der Waals surface area contributed by atoms with Gasteiger partial charge in [0.25, 0.3) is 0 Å². The van der Waals surface area contributed by atoms with Crippen LogP contribution >= 0.6 is 0 Å². The van der Waals surface area contributed by atoms with Gasteiger partial charge < -0.3 is 4.74 Å². The summed E-state index contributed by atoms with van der Waals surface area (Å²) in [6.45, 7) is 0. The number of para-hydroxylation sites is 1. The minimum atomic E-state index is 0.106. The van der Waals surface area contributed by atoms with E-state index in [1.807, 2.05) is 30.4 Å². The number of ether oxygens (including phenoxy) is 1. The Hall–Kier alpha value is -1.83. The molecule has 0 saturated carbocycles. The van der Waals surface area contributed by atoms with Gasteiger partial charge >= 0.3 is 0 Å². The highest BCUT2D eigenvalue weighted by Gasteiger charge is 2.22. The number of benzene rings is 1. The molecule has 0 bridgehead atoms. The topological polar surface area (TPSA) is 26.3 Å². The van der Waals surface area contributed by atoms with Crippen molar-refractivity contribution in [3.05, 3.63) is 53.6 Å². The van der Waals surface area contributed by atoms with Crippen molar-refractivity contribution in [1.82, 2.24) is 0 Å². The molecular weight excluding hydrogens is 212 g/mol. The van der Waals surface area contributed by atoms with Crippen molar-refractivity contribution in [1.29, 1.82) is 0 Å². The number of carbonyl (C=O) groups is 1. The molecule has 0 spiro atoms. The van der Waals surface area contributed by atoms with Gasteiger partial charge in [-0.1, -0.05) is 30.4 Å². The van der Waals surface area contributed by atoms with Crippen LogP contribution in [0.5, 0.6) is 5.75 Å². The van der Waals surface area contributed by atoms with Crippen LogP contribution in [0, 0.1) is 0 Å². The van der Waals surface area contributed by atoms with E-state index in [0.717, 1.165) is 24.2 Å². The predicted octanol–water partition coefficient (Wildman–Crippen LogP) is 2.84. The minimum Gasteiger partial charge on any atom is -0.485 e. The summed E-state index contributed by atoms with van der Waals surface area (Å²) in [6, 6.07) is 8.16. The largest absolute Gasteiger partial charge is 0.485 e. The fraction of sp³-hybridized carbons (Fsp3) is 0.267. The van der Waals surface area contributed by atoms with Crippen molar-refractivity contribution in [3.63, 3.8) is 0 Å². The molecule has 1 aliphatic carbocycles. The van der Waals surface area contributed by atoms with Crippen LogP contribution in [-0.2, 0) is 11.2 Å². The summed E-state index contributed by atoms with van der Waals surface area (Å²) in [6.07, 6.45) is 8.17. The normalized spacial score (nSPS) is 22.7. The van der Waals surface area contributed by atoms with Crippen molar-refractivity contribution in [2.45, 2.75) is 25.4 Å². The van der Waals surface area contributed by atoms with Crippen LogP contribution < -0.4 is 4.74 Å². The van der Waals surface area contributed by atoms with Gasteiger partial charge in [-0.25, -0.2) is 0 Å². The Kier molecular flexibility index (Phi) is 2.56. The standard InChI is InChI=1S/C15H14O2/c16-13-8-5-12(6-9-13)15-10-7-11-3-1-2-4-14(11)17-15/h1-6,8,15H,7,9-10H2. The van der Waals surface area contributed by atoms with Crippen molar-refractivity contribution >= 4 is 5.78 Å². The van der Waals surface area contributed by atoms with E-state index < -0.39 is 0 Å². The molecule has 2 aliphatic rings. The van der Waals surface area contributed by atoms with E-state index in [0.29, 0.717) is 6.42 Å². The summed E-state index contributed by atoms with van der Waals surface area (Å²) in [5.74, 6) is 1.15. The maximum absolute atomic E-state index is 11.1. The molecule has 0 amide bonds. The zero-order chi connectivity index (χ0) is 11.7. The van der Waals surface area contributed by atoms with Crippen LogP contribution in [0.2, 0.25) is 0 Å². The first-order valence-corrected chi connectivity index (χ1v) is 5.98. The average molecular weight is 226 g/mol. The number of fused-ring (bicyclic) bond motifs is 1. The Morgan fingerprint density at radius 2 is 2.06 bits per heavy atom. The van der Waals surface area contributed by atoms with E-state index in [1.165, 1.54) is 5.56 Å². The molecule has 1 unspecified atom stereocenters. The maximum Gasteiger partial charge on any atom is 0.159 e. The monoisotopic (exact) mass is 226 g/mol. The Balaban J connectivity index is 1.81. The third-order valence-corrected chi connectivity index (χ3v) is 3.29. The zero-order valence-electron chi connectivity index (χ0n) is 9.56. The predicted molar refractivity (Wildman–Crippen MR) is 66.0 cm³/mol. The highest BCUT2D eigenvalue weighted by atomic mass is 16.5. The van der Waals surface area contributed by atoms with Gasteiger partial charge in [0.05, 0.1) is 0 Å². The fourth-order valence-electron chi connectivity index (χ4n) is 2.34. The fourth-order valence-corrected chi connectivity index (χ4v) is 2.34. The van der Waals surface area contributed by atoms with Crippen molar-refractivity contribution in [2.24, 2.45) is 0 Å². The van der Waals surface area contributed by atoms with Crippen LogP contribution in [0.15, 0.2) is 48.1 Å².